The largest absolute Gasteiger partial charge is 0.494 e. The molecule has 0 unspecified atom stereocenters. The Morgan fingerprint density at radius 1 is 1.16 bits per heavy atom. The average Bonchev–Trinajstić information content (AvgIpc) is 2.43. The first-order valence-corrected chi connectivity index (χ1v) is 6.66. The van der Waals surface area contributed by atoms with Crippen LogP contribution in [-0.2, 0) is 0 Å². The number of nitrogens with two attached hydrogens (primary N) is 1. The quantitative estimate of drug-likeness (QED) is 0.913. The Labute approximate surface area is 119 Å². The lowest BCUT2D eigenvalue weighted by Crippen LogP contribution is -1.97. The van der Waals surface area contributed by atoms with Gasteiger partial charge in [0.15, 0.2) is 0 Å². The molecular weight excluding hydrogens is 310 g/mol. The van der Waals surface area contributed by atoms with E-state index in [1.54, 1.807) is 0 Å². The van der Waals surface area contributed by atoms with Gasteiger partial charge in [0.2, 0.25) is 5.88 Å². The molecule has 0 amide bonds. The molecule has 2 rings (SSSR count). The Morgan fingerprint density at radius 3 is 2.53 bits per heavy atom. The fourth-order valence-corrected chi connectivity index (χ4v) is 1.66. The van der Waals surface area contributed by atoms with Crippen LogP contribution in [0.15, 0.2) is 35.1 Å². The first-order chi connectivity index (χ1) is 9.20. The standard InChI is InChI=1S/C13H14BrN3O2/c1-2-7-18-9-3-5-10(6-4-9)19-13-11(14)12(15)16-8-17-13/h3-6,8H,2,7H2,1H3,(H2,15,16,17). The Hall–Kier alpha value is -1.82. The fourth-order valence-electron chi connectivity index (χ4n) is 1.37. The number of aromatic nitrogens is 2. The molecule has 0 aliphatic heterocycles. The predicted molar refractivity (Wildman–Crippen MR) is 76.4 cm³/mol. The minimum absolute atomic E-state index is 0.341. The summed E-state index contributed by atoms with van der Waals surface area (Å²) in [5.41, 5.74) is 5.66. The Bertz CT molecular complexity index is 546. The van der Waals surface area contributed by atoms with Crippen LogP contribution in [0.1, 0.15) is 13.3 Å². The van der Waals surface area contributed by atoms with Crippen LogP contribution < -0.4 is 15.2 Å². The third-order valence-corrected chi connectivity index (χ3v) is 3.04. The summed E-state index contributed by atoms with van der Waals surface area (Å²) < 4.78 is 11.7. The topological polar surface area (TPSA) is 70.3 Å². The molecule has 0 fully saturated rings. The molecule has 0 bridgehead atoms. The number of nitrogens with zero attached hydrogens (tertiary/aromatic N) is 2. The van der Waals surface area contributed by atoms with Crippen molar-refractivity contribution in [3.63, 3.8) is 0 Å². The van der Waals surface area contributed by atoms with Crippen LogP contribution >= 0.6 is 15.9 Å². The molecule has 0 saturated heterocycles. The zero-order valence-corrected chi connectivity index (χ0v) is 12.1. The third-order valence-electron chi connectivity index (χ3n) is 2.30. The van der Waals surface area contributed by atoms with Gasteiger partial charge in [-0.25, -0.2) is 9.97 Å². The molecule has 2 N–H and O–H groups in total. The summed E-state index contributed by atoms with van der Waals surface area (Å²) in [6, 6.07) is 7.33. The minimum atomic E-state index is 0.341. The highest BCUT2D eigenvalue weighted by atomic mass is 79.9. The van der Waals surface area contributed by atoms with E-state index in [4.69, 9.17) is 15.2 Å². The highest BCUT2D eigenvalue weighted by Crippen LogP contribution is 2.30. The molecule has 0 radical (unpaired) electrons. The van der Waals surface area contributed by atoms with E-state index in [9.17, 15) is 0 Å². The average molecular weight is 324 g/mol. The lowest BCUT2D eigenvalue weighted by atomic mass is 10.3. The summed E-state index contributed by atoms with van der Waals surface area (Å²) in [5.74, 6) is 2.20. The highest BCUT2D eigenvalue weighted by molar-refractivity contribution is 9.10. The van der Waals surface area contributed by atoms with E-state index in [1.165, 1.54) is 6.33 Å². The first kappa shape index (κ1) is 13.6. The second-order valence-electron chi connectivity index (χ2n) is 3.80. The monoisotopic (exact) mass is 323 g/mol. The van der Waals surface area contributed by atoms with Gasteiger partial charge in [-0.2, -0.15) is 0 Å². The van der Waals surface area contributed by atoms with Gasteiger partial charge in [-0.1, -0.05) is 6.92 Å². The van der Waals surface area contributed by atoms with Gasteiger partial charge in [0.05, 0.1) is 6.61 Å². The first-order valence-electron chi connectivity index (χ1n) is 5.87. The molecule has 1 aromatic carbocycles. The predicted octanol–water partition coefficient (Wildman–Crippen LogP) is 3.40. The van der Waals surface area contributed by atoms with E-state index in [1.807, 2.05) is 24.3 Å². The molecule has 100 valence electrons. The van der Waals surface area contributed by atoms with Gasteiger partial charge >= 0.3 is 0 Å². The molecule has 0 saturated carbocycles. The number of benzene rings is 1. The van der Waals surface area contributed by atoms with Gasteiger partial charge in [0, 0.05) is 0 Å². The number of anilines is 1. The smallest absolute Gasteiger partial charge is 0.238 e. The lowest BCUT2D eigenvalue weighted by Gasteiger charge is -2.08. The molecule has 0 aliphatic carbocycles. The van der Waals surface area contributed by atoms with Gasteiger partial charge in [0.1, 0.15) is 28.1 Å². The number of rotatable bonds is 5. The van der Waals surface area contributed by atoms with Crippen molar-refractivity contribution in [2.75, 3.05) is 12.3 Å². The summed E-state index contributed by atoms with van der Waals surface area (Å²) in [6.07, 6.45) is 2.33. The van der Waals surface area contributed by atoms with E-state index >= 15 is 0 Å². The fraction of sp³-hybridized carbons (Fsp3) is 0.231. The molecular formula is C13H14BrN3O2. The molecule has 0 atom stereocenters. The van der Waals surface area contributed by atoms with Crippen molar-refractivity contribution in [2.24, 2.45) is 0 Å². The number of hydrogen-bond donors (Lipinski definition) is 1. The number of ether oxygens (including phenoxy) is 2. The zero-order chi connectivity index (χ0) is 13.7. The van der Waals surface area contributed by atoms with Gasteiger partial charge in [-0.3, -0.25) is 0 Å². The summed E-state index contributed by atoms with van der Waals surface area (Å²) in [5, 5.41) is 0. The van der Waals surface area contributed by atoms with Crippen LogP contribution in [0.5, 0.6) is 17.4 Å². The van der Waals surface area contributed by atoms with E-state index in [2.05, 4.69) is 32.8 Å². The van der Waals surface area contributed by atoms with E-state index in [0.717, 1.165) is 12.2 Å². The number of hydrogen-bond acceptors (Lipinski definition) is 5. The van der Waals surface area contributed by atoms with E-state index in [-0.39, 0.29) is 0 Å². The Kier molecular flexibility index (Phi) is 4.57. The maximum atomic E-state index is 5.66. The van der Waals surface area contributed by atoms with Gasteiger partial charge in [0.25, 0.3) is 0 Å². The maximum absolute atomic E-state index is 5.66. The number of nitrogen functional groups attached to an aromatic ring is 1. The highest BCUT2D eigenvalue weighted by Gasteiger charge is 2.08. The lowest BCUT2D eigenvalue weighted by molar-refractivity contribution is 0.317. The minimum Gasteiger partial charge on any atom is -0.494 e. The van der Waals surface area contributed by atoms with Gasteiger partial charge in [-0.05, 0) is 46.6 Å². The van der Waals surface area contributed by atoms with Crippen molar-refractivity contribution < 1.29 is 9.47 Å². The van der Waals surface area contributed by atoms with E-state index in [0.29, 0.717) is 28.5 Å². The molecule has 1 aromatic heterocycles. The van der Waals surface area contributed by atoms with Crippen molar-refractivity contribution >= 4 is 21.7 Å². The normalized spacial score (nSPS) is 10.2. The van der Waals surface area contributed by atoms with Gasteiger partial charge < -0.3 is 15.2 Å². The van der Waals surface area contributed by atoms with Crippen LogP contribution in [0, 0.1) is 0 Å². The second-order valence-corrected chi connectivity index (χ2v) is 4.59. The molecule has 1 heterocycles. The molecule has 0 spiro atoms. The van der Waals surface area contributed by atoms with Crippen molar-refractivity contribution in [3.8, 4) is 17.4 Å². The molecule has 2 aromatic rings. The van der Waals surface area contributed by atoms with Crippen molar-refractivity contribution in [2.45, 2.75) is 13.3 Å². The van der Waals surface area contributed by atoms with Gasteiger partial charge in [-0.15, -0.1) is 0 Å². The van der Waals surface area contributed by atoms with Crippen LogP contribution in [0.2, 0.25) is 0 Å². The number of halogens is 1. The molecule has 19 heavy (non-hydrogen) atoms. The van der Waals surface area contributed by atoms with Crippen molar-refractivity contribution in [1.82, 2.24) is 9.97 Å². The third kappa shape index (κ3) is 3.57. The summed E-state index contributed by atoms with van der Waals surface area (Å²) in [4.78, 5) is 7.86. The summed E-state index contributed by atoms with van der Waals surface area (Å²) in [6.45, 7) is 2.77. The summed E-state index contributed by atoms with van der Waals surface area (Å²) >= 11 is 3.29. The van der Waals surface area contributed by atoms with Crippen LogP contribution in [-0.4, -0.2) is 16.6 Å². The van der Waals surface area contributed by atoms with Crippen molar-refractivity contribution in [3.05, 3.63) is 35.1 Å². The van der Waals surface area contributed by atoms with Crippen molar-refractivity contribution in [1.29, 1.82) is 0 Å². The van der Waals surface area contributed by atoms with Crippen LogP contribution in [0.4, 0.5) is 5.82 Å². The SMILES string of the molecule is CCCOc1ccc(Oc2ncnc(N)c2Br)cc1. The Balaban J connectivity index is 2.09. The zero-order valence-electron chi connectivity index (χ0n) is 10.5. The van der Waals surface area contributed by atoms with E-state index < -0.39 is 0 Å². The molecule has 5 nitrogen and oxygen atoms in total. The Morgan fingerprint density at radius 2 is 1.84 bits per heavy atom. The van der Waals surface area contributed by atoms with Crippen LogP contribution in [0.25, 0.3) is 0 Å². The van der Waals surface area contributed by atoms with Crippen LogP contribution in [0.3, 0.4) is 0 Å². The maximum Gasteiger partial charge on any atom is 0.238 e. The molecule has 6 heteroatoms. The second kappa shape index (κ2) is 6.38. The molecule has 0 aliphatic rings. The summed E-state index contributed by atoms with van der Waals surface area (Å²) in [7, 11) is 0.